The molecule has 2 aromatic heterocycles. The Balaban J connectivity index is 2.06. The monoisotopic (exact) mass is 265 g/mol. The summed E-state index contributed by atoms with van der Waals surface area (Å²) in [6.45, 7) is 0. The molecule has 1 aromatic carbocycles. The molecule has 0 fully saturated rings. The molecule has 0 aliphatic heterocycles. The summed E-state index contributed by atoms with van der Waals surface area (Å²) < 4.78 is 5.57. The highest BCUT2D eigenvalue weighted by atomic mass is 35.5. The molecule has 1 unspecified atom stereocenters. The molecule has 0 saturated heterocycles. The van der Waals surface area contributed by atoms with Crippen molar-refractivity contribution in [2.45, 2.75) is 6.10 Å². The Bertz CT molecular complexity index is 648. The number of hydrogen-bond acceptors (Lipinski definition) is 4. The van der Waals surface area contributed by atoms with Gasteiger partial charge in [0.1, 0.15) is 16.4 Å². The predicted molar refractivity (Wildman–Crippen MR) is 67.4 cm³/mol. The lowest BCUT2D eigenvalue weighted by Gasteiger charge is -2.01. The number of rotatable bonds is 2. The van der Waals surface area contributed by atoms with Crippen LogP contribution in [0.3, 0.4) is 0 Å². The summed E-state index contributed by atoms with van der Waals surface area (Å²) >= 11 is 7.28. The number of furan rings is 1. The lowest BCUT2D eigenvalue weighted by atomic mass is 10.2. The zero-order chi connectivity index (χ0) is 11.8. The highest BCUT2D eigenvalue weighted by Gasteiger charge is 2.17. The van der Waals surface area contributed by atoms with E-state index in [1.165, 1.54) is 11.3 Å². The summed E-state index contributed by atoms with van der Waals surface area (Å²) in [5.41, 5.74) is 0.708. The summed E-state index contributed by atoms with van der Waals surface area (Å²) in [6.07, 6.45) is 0.837. The van der Waals surface area contributed by atoms with Gasteiger partial charge in [0.2, 0.25) is 0 Å². The number of aliphatic hydroxyl groups is 1. The minimum Gasteiger partial charge on any atom is -0.458 e. The van der Waals surface area contributed by atoms with E-state index in [-0.39, 0.29) is 0 Å². The van der Waals surface area contributed by atoms with E-state index in [1.54, 1.807) is 30.5 Å². The average molecular weight is 266 g/mol. The zero-order valence-corrected chi connectivity index (χ0v) is 10.2. The molecule has 3 rings (SSSR count). The number of hydrogen-bond donors (Lipinski definition) is 1. The molecule has 0 saturated carbocycles. The van der Waals surface area contributed by atoms with Gasteiger partial charge in [0.15, 0.2) is 6.10 Å². The maximum absolute atomic E-state index is 10.1. The summed E-state index contributed by atoms with van der Waals surface area (Å²) in [5.74, 6) is 0.484. The van der Waals surface area contributed by atoms with Crippen molar-refractivity contribution in [2.24, 2.45) is 0 Å². The molecule has 0 amide bonds. The van der Waals surface area contributed by atoms with Gasteiger partial charge in [-0.25, -0.2) is 4.98 Å². The quantitative estimate of drug-likeness (QED) is 0.770. The third kappa shape index (κ3) is 1.95. The number of aliphatic hydroxyl groups excluding tert-OH is 1. The van der Waals surface area contributed by atoms with E-state index >= 15 is 0 Å². The van der Waals surface area contributed by atoms with E-state index < -0.39 is 6.10 Å². The molecule has 86 valence electrons. The van der Waals surface area contributed by atoms with E-state index in [9.17, 15) is 5.11 Å². The first-order valence-corrected chi connectivity index (χ1v) is 6.26. The van der Waals surface area contributed by atoms with Crippen LogP contribution >= 0.6 is 22.9 Å². The topological polar surface area (TPSA) is 46.3 Å². The average Bonchev–Trinajstić information content (AvgIpc) is 2.96. The van der Waals surface area contributed by atoms with Gasteiger partial charge < -0.3 is 9.52 Å². The third-order valence-corrected chi connectivity index (χ3v) is 3.52. The number of fused-ring (bicyclic) bond motifs is 1. The van der Waals surface area contributed by atoms with E-state index in [4.69, 9.17) is 16.0 Å². The smallest absolute Gasteiger partial charge is 0.163 e. The van der Waals surface area contributed by atoms with Gasteiger partial charge in [-0.05, 0) is 24.3 Å². The van der Waals surface area contributed by atoms with Crippen LogP contribution < -0.4 is 0 Å². The van der Waals surface area contributed by atoms with Gasteiger partial charge in [0.05, 0.1) is 0 Å². The van der Waals surface area contributed by atoms with Crippen molar-refractivity contribution in [3.63, 3.8) is 0 Å². The van der Waals surface area contributed by atoms with E-state index in [0.29, 0.717) is 21.4 Å². The molecule has 1 atom stereocenters. The maximum Gasteiger partial charge on any atom is 0.163 e. The predicted octanol–water partition coefficient (Wildman–Crippen LogP) is 3.62. The number of aromatic nitrogens is 1. The first-order valence-electron chi connectivity index (χ1n) is 5.00. The Morgan fingerprint density at radius 3 is 3.00 bits per heavy atom. The third-order valence-electron chi connectivity index (χ3n) is 2.45. The molecule has 2 heterocycles. The Kier molecular flexibility index (Phi) is 2.63. The van der Waals surface area contributed by atoms with Crippen LogP contribution in [0.25, 0.3) is 11.0 Å². The molecule has 0 aliphatic carbocycles. The first kappa shape index (κ1) is 10.8. The summed E-state index contributed by atoms with van der Waals surface area (Å²) in [4.78, 5) is 4.06. The molecule has 17 heavy (non-hydrogen) atoms. The molecular weight excluding hydrogens is 258 g/mol. The molecule has 3 aromatic rings. The van der Waals surface area contributed by atoms with Gasteiger partial charge in [0.25, 0.3) is 0 Å². The van der Waals surface area contributed by atoms with Crippen LogP contribution in [-0.2, 0) is 0 Å². The van der Waals surface area contributed by atoms with Gasteiger partial charge in [0, 0.05) is 22.0 Å². The van der Waals surface area contributed by atoms with Crippen LogP contribution in [0, 0.1) is 0 Å². The summed E-state index contributed by atoms with van der Waals surface area (Å²) in [7, 11) is 0. The van der Waals surface area contributed by atoms with E-state index in [2.05, 4.69) is 4.98 Å². The van der Waals surface area contributed by atoms with Crippen LogP contribution in [0.15, 0.2) is 40.3 Å². The van der Waals surface area contributed by atoms with Gasteiger partial charge in [-0.2, -0.15) is 0 Å². The molecule has 1 N–H and O–H groups in total. The Morgan fingerprint density at radius 2 is 2.24 bits per heavy atom. The number of benzene rings is 1. The molecule has 0 aliphatic rings. The van der Waals surface area contributed by atoms with Crippen molar-refractivity contribution >= 4 is 33.9 Å². The van der Waals surface area contributed by atoms with Crippen LogP contribution in [0.1, 0.15) is 16.9 Å². The Morgan fingerprint density at radius 1 is 1.35 bits per heavy atom. The highest BCUT2D eigenvalue weighted by Crippen LogP contribution is 2.30. The summed E-state index contributed by atoms with van der Waals surface area (Å²) in [5, 5.41) is 14.0. The van der Waals surface area contributed by atoms with Crippen molar-refractivity contribution in [3.8, 4) is 0 Å². The van der Waals surface area contributed by atoms with Crippen LogP contribution in [0.5, 0.6) is 0 Å². The second-order valence-electron chi connectivity index (χ2n) is 3.60. The first-order chi connectivity index (χ1) is 8.24. The molecule has 5 heteroatoms. The molecule has 0 spiro atoms. The van der Waals surface area contributed by atoms with Crippen molar-refractivity contribution < 1.29 is 9.52 Å². The minimum atomic E-state index is -0.818. The lowest BCUT2D eigenvalue weighted by Crippen LogP contribution is -1.96. The second kappa shape index (κ2) is 4.14. The molecular formula is C12H8ClNO2S. The standard InChI is InChI=1S/C12H8ClNO2S/c13-8-1-2-9-7(5-8)6-10(16-9)11(15)12-14-3-4-17-12/h1-6,11,15H. The van der Waals surface area contributed by atoms with Crippen LogP contribution in [0.2, 0.25) is 5.02 Å². The largest absolute Gasteiger partial charge is 0.458 e. The summed E-state index contributed by atoms with van der Waals surface area (Å²) in [6, 6.07) is 7.13. The van der Waals surface area contributed by atoms with Gasteiger partial charge in [-0.15, -0.1) is 11.3 Å². The second-order valence-corrected chi connectivity index (χ2v) is 4.97. The van der Waals surface area contributed by atoms with Crippen molar-refractivity contribution in [1.82, 2.24) is 4.98 Å². The van der Waals surface area contributed by atoms with Gasteiger partial charge in [-0.3, -0.25) is 0 Å². The van der Waals surface area contributed by atoms with Crippen LogP contribution in [-0.4, -0.2) is 10.1 Å². The normalized spacial score (nSPS) is 13.1. The number of halogens is 1. The van der Waals surface area contributed by atoms with E-state index in [0.717, 1.165) is 5.39 Å². The highest BCUT2D eigenvalue weighted by molar-refractivity contribution is 7.09. The molecule has 0 bridgehead atoms. The zero-order valence-electron chi connectivity index (χ0n) is 8.63. The van der Waals surface area contributed by atoms with Gasteiger partial charge >= 0.3 is 0 Å². The maximum atomic E-state index is 10.1. The van der Waals surface area contributed by atoms with E-state index in [1.807, 2.05) is 5.38 Å². The van der Waals surface area contributed by atoms with Crippen molar-refractivity contribution in [3.05, 3.63) is 51.6 Å². The number of thiazole rings is 1. The molecule has 3 nitrogen and oxygen atoms in total. The fraction of sp³-hybridized carbons (Fsp3) is 0.0833. The minimum absolute atomic E-state index is 0.484. The lowest BCUT2D eigenvalue weighted by molar-refractivity contribution is 0.192. The van der Waals surface area contributed by atoms with Crippen LogP contribution in [0.4, 0.5) is 0 Å². The molecule has 0 radical (unpaired) electrons. The Hall–Kier alpha value is -1.36. The SMILES string of the molecule is OC(c1cc2cc(Cl)ccc2o1)c1nccs1. The van der Waals surface area contributed by atoms with Gasteiger partial charge in [-0.1, -0.05) is 11.6 Å². The Labute approximate surface area is 106 Å². The fourth-order valence-corrected chi connectivity index (χ4v) is 2.47. The van der Waals surface area contributed by atoms with Crippen molar-refractivity contribution in [1.29, 1.82) is 0 Å². The number of nitrogens with zero attached hydrogens (tertiary/aromatic N) is 1. The fourth-order valence-electron chi connectivity index (χ4n) is 1.66. The van der Waals surface area contributed by atoms with Crippen molar-refractivity contribution in [2.75, 3.05) is 0 Å².